The molecule has 1 aromatic carbocycles. The number of guanidine groups is 1. The Bertz CT molecular complexity index is 2190. The topological polar surface area (TPSA) is 396 Å². The Morgan fingerprint density at radius 3 is 1.78 bits per heavy atom. The number of thioether (sulfide) groups is 3. The fraction of sp³-hybridized carbons (Fsp3) is 0.667. The van der Waals surface area contributed by atoms with Crippen LogP contribution in [0.15, 0.2) is 30.3 Å². The van der Waals surface area contributed by atoms with Gasteiger partial charge in [0.2, 0.25) is 53.2 Å². The number of benzene rings is 1. The van der Waals surface area contributed by atoms with Gasteiger partial charge in [-0.05, 0) is 50.6 Å². The van der Waals surface area contributed by atoms with E-state index in [4.69, 9.17) is 21.6 Å². The molecule has 1 aliphatic rings. The third-order valence-electron chi connectivity index (χ3n) is 11.3. The van der Waals surface area contributed by atoms with Crippen LogP contribution >= 0.6 is 35.3 Å². The predicted octanol–water partition coefficient (Wildman–Crippen LogP) is -1.04. The molecule has 9 amide bonds. The number of nitrogens with two attached hydrogens (primary N) is 2. The lowest BCUT2D eigenvalue weighted by molar-refractivity contribution is -0.141. The molecule has 0 aromatic heterocycles. The van der Waals surface area contributed by atoms with E-state index >= 15 is 0 Å². The van der Waals surface area contributed by atoms with Crippen LogP contribution in [0.4, 0.5) is 0 Å². The van der Waals surface area contributed by atoms with Gasteiger partial charge in [-0.15, -0.1) is 11.8 Å². The largest absolute Gasteiger partial charge is 0.481 e. The molecular formula is C51H85N13O12S3. The number of hydrogen-bond acceptors (Lipinski definition) is 16. The molecule has 28 heteroatoms. The average molecular weight is 1170 g/mol. The zero-order valence-corrected chi connectivity index (χ0v) is 48.9. The minimum absolute atomic E-state index is 0.0129. The zero-order valence-electron chi connectivity index (χ0n) is 46.5. The van der Waals surface area contributed by atoms with Crippen molar-refractivity contribution >= 4 is 100 Å². The van der Waals surface area contributed by atoms with Gasteiger partial charge in [0.05, 0.1) is 25.3 Å². The van der Waals surface area contributed by atoms with Crippen molar-refractivity contribution in [2.75, 3.05) is 62.4 Å². The summed E-state index contributed by atoms with van der Waals surface area (Å²) in [6, 6.07) is -1.02. The highest BCUT2D eigenvalue weighted by Gasteiger charge is 2.35. The fourth-order valence-electron chi connectivity index (χ4n) is 7.24. The normalized spacial score (nSPS) is 22.3. The summed E-state index contributed by atoms with van der Waals surface area (Å²) in [6.45, 7) is 13.5. The van der Waals surface area contributed by atoms with E-state index in [1.807, 2.05) is 48.5 Å². The predicted molar refractivity (Wildman–Crippen MR) is 307 cm³/mol. The number of carboxylic acid groups (broad SMARTS) is 1. The molecule has 0 saturated carbocycles. The van der Waals surface area contributed by atoms with E-state index in [1.165, 1.54) is 23.5 Å². The third kappa shape index (κ3) is 30.4. The van der Waals surface area contributed by atoms with Gasteiger partial charge >= 0.3 is 5.97 Å². The van der Waals surface area contributed by atoms with Crippen molar-refractivity contribution < 1.29 is 57.8 Å². The summed E-state index contributed by atoms with van der Waals surface area (Å²) < 4.78 is 4.64. The maximum Gasteiger partial charge on any atom is 0.305 e. The van der Waals surface area contributed by atoms with Gasteiger partial charge in [0, 0.05) is 52.9 Å². The standard InChI is InChI=1S/C51H85N13O12S3/c1-8-22-76-23-21-55-43(70)36-27-77-30-40(66)58-33(17-12-13-19-52)44(71)63-37(28-78-50(2,3)4)47(74)60-32(18-14-20-56-49(53)54)42(69)57-26-39(65)59-35(25-41(67)68)46(73)64-38(29-79-51(5,6)7)48(75)61-34(45(72)62-36)24-31-15-10-9-11-16-31/h9-11,15-16,32-38H,8,12-14,17-30,52H2,1-7H3,(H,55,70)(H,57,69)(H,58,66)(H,59,65)(H,60,74)(H,61,75)(H,62,72)(H,63,71)(H,64,73)(H,67,68)(H4,53,54,56)/t32-,33-,34-,35-,36-,37-,38-/m0/s1. The molecule has 1 heterocycles. The number of nitrogens with one attached hydrogen (secondary N) is 11. The molecule has 0 spiro atoms. The second-order valence-corrected chi connectivity index (χ2v) is 25.3. The van der Waals surface area contributed by atoms with Crippen LogP contribution in [0.2, 0.25) is 0 Å². The van der Waals surface area contributed by atoms with Crippen molar-refractivity contribution in [2.24, 2.45) is 11.5 Å². The third-order valence-corrected chi connectivity index (χ3v) is 15.0. The van der Waals surface area contributed by atoms with Gasteiger partial charge in [-0.25, -0.2) is 0 Å². The lowest BCUT2D eigenvalue weighted by atomic mass is 10.0. The number of carboxylic acids is 1. The van der Waals surface area contributed by atoms with Crippen LogP contribution in [0.3, 0.4) is 0 Å². The summed E-state index contributed by atoms with van der Waals surface area (Å²) in [6.07, 6.45) is 0.837. The lowest BCUT2D eigenvalue weighted by Crippen LogP contribution is -2.60. The first-order chi connectivity index (χ1) is 37.2. The van der Waals surface area contributed by atoms with E-state index in [-0.39, 0.29) is 74.4 Å². The Hall–Kier alpha value is -5.84. The van der Waals surface area contributed by atoms with Crippen molar-refractivity contribution in [1.82, 2.24) is 53.2 Å². The van der Waals surface area contributed by atoms with Crippen LogP contribution in [-0.2, 0) is 59.1 Å². The summed E-state index contributed by atoms with van der Waals surface area (Å²) in [5.74, 6) is -9.74. The highest BCUT2D eigenvalue weighted by Crippen LogP contribution is 2.25. The van der Waals surface area contributed by atoms with Gasteiger partial charge in [0.25, 0.3) is 0 Å². The van der Waals surface area contributed by atoms with Crippen molar-refractivity contribution in [3.05, 3.63) is 35.9 Å². The number of amides is 9. The van der Waals surface area contributed by atoms with Crippen LogP contribution < -0.4 is 64.6 Å². The number of unbranched alkanes of at least 4 members (excludes halogenated alkanes) is 1. The summed E-state index contributed by atoms with van der Waals surface area (Å²) in [7, 11) is 0. The molecule has 1 aliphatic heterocycles. The van der Waals surface area contributed by atoms with Gasteiger partial charge in [0.1, 0.15) is 42.3 Å². The van der Waals surface area contributed by atoms with E-state index in [9.17, 15) is 53.1 Å². The van der Waals surface area contributed by atoms with Crippen molar-refractivity contribution in [3.63, 3.8) is 0 Å². The number of ether oxygens (including phenoxy) is 1. The second-order valence-electron chi connectivity index (χ2n) is 20.6. The highest BCUT2D eigenvalue weighted by atomic mass is 32.2. The molecule has 0 radical (unpaired) electrons. The molecule has 7 atom stereocenters. The monoisotopic (exact) mass is 1170 g/mol. The minimum Gasteiger partial charge on any atom is -0.481 e. The Balaban J connectivity index is 2.78. The van der Waals surface area contributed by atoms with Crippen LogP contribution in [0.5, 0.6) is 0 Å². The quantitative estimate of drug-likeness (QED) is 0.0375. The number of rotatable bonds is 22. The molecule has 2 rings (SSSR count). The molecule has 0 unspecified atom stereocenters. The zero-order chi connectivity index (χ0) is 59.1. The van der Waals surface area contributed by atoms with Crippen LogP contribution in [0.25, 0.3) is 0 Å². The molecule has 25 nitrogen and oxygen atoms in total. The molecule has 79 heavy (non-hydrogen) atoms. The summed E-state index contributed by atoms with van der Waals surface area (Å²) >= 11 is 3.58. The van der Waals surface area contributed by atoms with Crippen LogP contribution in [-0.4, -0.2) is 184 Å². The lowest BCUT2D eigenvalue weighted by Gasteiger charge is -2.28. The number of aliphatic carboxylic acids is 1. The summed E-state index contributed by atoms with van der Waals surface area (Å²) in [5.41, 5.74) is 11.8. The maximum atomic E-state index is 14.5. The first-order valence-electron chi connectivity index (χ1n) is 26.3. The summed E-state index contributed by atoms with van der Waals surface area (Å²) in [4.78, 5) is 139. The van der Waals surface area contributed by atoms with E-state index in [1.54, 1.807) is 30.3 Å². The second kappa shape index (κ2) is 36.4. The van der Waals surface area contributed by atoms with E-state index in [2.05, 4.69) is 53.2 Å². The molecule has 0 bridgehead atoms. The minimum atomic E-state index is -1.79. The first kappa shape index (κ1) is 69.3. The fourth-order valence-corrected chi connectivity index (χ4v) is 9.90. The van der Waals surface area contributed by atoms with Crippen molar-refractivity contribution in [1.29, 1.82) is 5.41 Å². The van der Waals surface area contributed by atoms with E-state index in [0.29, 0.717) is 31.6 Å². The van der Waals surface area contributed by atoms with Crippen LogP contribution in [0, 0.1) is 5.41 Å². The smallest absolute Gasteiger partial charge is 0.305 e. The Labute approximate surface area is 476 Å². The van der Waals surface area contributed by atoms with Gasteiger partial charge in [0.15, 0.2) is 5.96 Å². The van der Waals surface area contributed by atoms with E-state index < -0.39 is 124 Å². The number of hydrogen-bond donors (Lipinski definition) is 14. The van der Waals surface area contributed by atoms with Gasteiger partial charge < -0.3 is 74.5 Å². The number of carbonyl (C=O) groups is 10. The highest BCUT2D eigenvalue weighted by molar-refractivity contribution is 8.01. The Morgan fingerprint density at radius 2 is 1.22 bits per heavy atom. The molecule has 1 saturated heterocycles. The van der Waals surface area contributed by atoms with Gasteiger partial charge in [-0.2, -0.15) is 23.5 Å². The molecular weight excluding hydrogens is 1080 g/mol. The molecule has 444 valence electrons. The first-order valence-corrected chi connectivity index (χ1v) is 29.5. The average Bonchev–Trinajstić information content (AvgIpc) is 3.36. The molecule has 1 fully saturated rings. The number of carbonyl (C=O) groups excluding carboxylic acids is 9. The SMILES string of the molecule is CCCOCCNC(=O)[C@@H]1CSCC(=O)N[C@@H](CCCCN)C(=O)N[C@@H](CSC(C)(C)C)C(=O)N[C@@H](CCCNC(=N)N)C(=O)NCC(=O)N[C@@H](CC(=O)O)C(=O)N[C@@H](CSC(C)(C)C)C(=O)N[C@@H](Cc2ccccc2)C(=O)N1. The Morgan fingerprint density at radius 1 is 0.684 bits per heavy atom. The summed E-state index contributed by atoms with van der Waals surface area (Å²) in [5, 5.41) is 43.7. The van der Waals surface area contributed by atoms with Crippen molar-refractivity contribution in [3.8, 4) is 0 Å². The van der Waals surface area contributed by atoms with Gasteiger partial charge in [-0.3, -0.25) is 53.4 Å². The molecule has 16 N–H and O–H groups in total. The van der Waals surface area contributed by atoms with Crippen molar-refractivity contribution in [2.45, 2.75) is 152 Å². The Kier molecular flexibility index (Phi) is 31.9. The van der Waals surface area contributed by atoms with Crippen LogP contribution in [0.1, 0.15) is 99.0 Å². The molecule has 1 aromatic rings. The van der Waals surface area contributed by atoms with E-state index in [0.717, 1.165) is 18.2 Å². The van der Waals surface area contributed by atoms with Gasteiger partial charge in [-0.1, -0.05) is 78.8 Å². The maximum absolute atomic E-state index is 14.5. The molecule has 0 aliphatic carbocycles.